The zero-order valence-electron chi connectivity index (χ0n) is 20.3. The van der Waals surface area contributed by atoms with Crippen LogP contribution in [0.3, 0.4) is 0 Å². The molecular weight excluding hydrogens is 424 g/mol. The molecule has 4 rings (SSSR count). The summed E-state index contributed by atoms with van der Waals surface area (Å²) in [6.07, 6.45) is 0.176. The van der Waals surface area contributed by atoms with Crippen molar-refractivity contribution in [2.75, 3.05) is 20.1 Å². The maximum Gasteiger partial charge on any atom is 0.263 e. The number of carbonyl (C=O) groups is 2. The van der Waals surface area contributed by atoms with Crippen LogP contribution in [0, 0.1) is 6.92 Å². The number of hydrogen-bond acceptors (Lipinski definition) is 3. The van der Waals surface area contributed by atoms with Crippen molar-refractivity contribution < 1.29 is 14.3 Å². The molecule has 3 aromatic carbocycles. The van der Waals surface area contributed by atoms with Crippen molar-refractivity contribution >= 4 is 11.8 Å². The number of amides is 2. The molecule has 2 amide bonds. The molecule has 0 aromatic heterocycles. The molecule has 0 N–H and O–H groups in total. The van der Waals surface area contributed by atoms with Crippen molar-refractivity contribution in [3.63, 3.8) is 0 Å². The Hall–Kier alpha value is -3.60. The van der Waals surface area contributed by atoms with E-state index in [2.05, 4.69) is 31.2 Å². The molecule has 0 spiro atoms. The maximum absolute atomic E-state index is 13.6. The van der Waals surface area contributed by atoms with Gasteiger partial charge < -0.3 is 14.5 Å². The van der Waals surface area contributed by atoms with Gasteiger partial charge in [-0.1, -0.05) is 54.1 Å². The minimum Gasteiger partial charge on any atom is -0.481 e. The molecule has 0 saturated heterocycles. The van der Waals surface area contributed by atoms with Gasteiger partial charge in [0.1, 0.15) is 5.75 Å². The van der Waals surface area contributed by atoms with E-state index >= 15 is 0 Å². The largest absolute Gasteiger partial charge is 0.481 e. The third-order valence-corrected chi connectivity index (χ3v) is 6.50. The number of likely N-dealkylation sites (N-methyl/N-ethyl adjacent to an activating group) is 1. The van der Waals surface area contributed by atoms with Crippen LogP contribution in [0.15, 0.2) is 72.8 Å². The molecule has 2 atom stereocenters. The number of carbonyl (C=O) groups excluding carboxylic acids is 2. The van der Waals surface area contributed by atoms with Crippen molar-refractivity contribution in [3.8, 4) is 5.75 Å². The first-order valence-electron chi connectivity index (χ1n) is 11.9. The number of nitrogens with zero attached hydrogens (tertiary/aromatic N) is 2. The average Bonchev–Trinajstić information content (AvgIpc) is 2.87. The average molecular weight is 457 g/mol. The lowest BCUT2D eigenvalue weighted by atomic mass is 9.87. The zero-order chi connectivity index (χ0) is 24.2. The third kappa shape index (κ3) is 4.84. The first kappa shape index (κ1) is 23.6. The lowest BCUT2D eigenvalue weighted by Gasteiger charge is -2.38. The summed E-state index contributed by atoms with van der Waals surface area (Å²) in [5.41, 5.74) is 5.13. The highest BCUT2D eigenvalue weighted by Crippen LogP contribution is 2.38. The predicted octanol–water partition coefficient (Wildman–Crippen LogP) is 5.03. The van der Waals surface area contributed by atoms with Crippen molar-refractivity contribution in [3.05, 3.63) is 101 Å². The maximum atomic E-state index is 13.6. The number of rotatable bonds is 6. The van der Waals surface area contributed by atoms with Gasteiger partial charge in [-0.05, 0) is 68.1 Å². The van der Waals surface area contributed by atoms with Crippen LogP contribution in [0.4, 0.5) is 0 Å². The Kier molecular flexibility index (Phi) is 7.01. The first-order valence-corrected chi connectivity index (χ1v) is 11.9. The van der Waals surface area contributed by atoms with Crippen LogP contribution in [0.2, 0.25) is 0 Å². The van der Waals surface area contributed by atoms with E-state index < -0.39 is 6.10 Å². The van der Waals surface area contributed by atoms with E-state index in [0.717, 1.165) is 23.1 Å². The highest BCUT2D eigenvalue weighted by atomic mass is 16.5. The Morgan fingerprint density at radius 2 is 1.82 bits per heavy atom. The van der Waals surface area contributed by atoms with Gasteiger partial charge in [0, 0.05) is 25.7 Å². The molecule has 34 heavy (non-hydrogen) atoms. The second-order valence-corrected chi connectivity index (χ2v) is 8.90. The van der Waals surface area contributed by atoms with Crippen LogP contribution in [0.25, 0.3) is 0 Å². The summed E-state index contributed by atoms with van der Waals surface area (Å²) >= 11 is 0. The molecular formula is C29H32N2O3. The smallest absolute Gasteiger partial charge is 0.263 e. The van der Waals surface area contributed by atoms with Gasteiger partial charge in [0.2, 0.25) is 0 Å². The molecule has 0 fully saturated rings. The molecule has 5 heteroatoms. The summed E-state index contributed by atoms with van der Waals surface area (Å²) in [4.78, 5) is 29.7. The molecule has 1 aliphatic rings. The molecule has 176 valence electrons. The lowest BCUT2D eigenvalue weighted by Crippen LogP contribution is -2.41. The van der Waals surface area contributed by atoms with Gasteiger partial charge in [0.15, 0.2) is 6.10 Å². The molecule has 0 radical (unpaired) electrons. The Bertz CT molecular complexity index is 1180. The number of ether oxygens (including phenoxy) is 1. The van der Waals surface area contributed by atoms with Crippen molar-refractivity contribution in [1.29, 1.82) is 0 Å². The van der Waals surface area contributed by atoms with E-state index in [4.69, 9.17) is 4.74 Å². The fourth-order valence-electron chi connectivity index (χ4n) is 4.55. The van der Waals surface area contributed by atoms with Crippen molar-refractivity contribution in [2.24, 2.45) is 0 Å². The molecule has 0 aliphatic carbocycles. The lowest BCUT2D eigenvalue weighted by molar-refractivity contribution is -0.136. The normalized spacial score (nSPS) is 15.9. The highest BCUT2D eigenvalue weighted by molar-refractivity contribution is 5.95. The molecule has 0 bridgehead atoms. The van der Waals surface area contributed by atoms with Crippen molar-refractivity contribution in [2.45, 2.75) is 39.3 Å². The van der Waals surface area contributed by atoms with Gasteiger partial charge >= 0.3 is 0 Å². The summed E-state index contributed by atoms with van der Waals surface area (Å²) < 4.78 is 6.06. The predicted molar refractivity (Wildman–Crippen MR) is 134 cm³/mol. The number of hydrogen-bond donors (Lipinski definition) is 0. The molecule has 3 aromatic rings. The summed E-state index contributed by atoms with van der Waals surface area (Å²) in [5, 5.41) is 0. The Balaban J connectivity index is 1.73. The van der Waals surface area contributed by atoms with Crippen LogP contribution in [0.5, 0.6) is 5.75 Å². The van der Waals surface area contributed by atoms with Crippen LogP contribution in [-0.4, -0.2) is 47.9 Å². The van der Waals surface area contributed by atoms with Gasteiger partial charge in [-0.15, -0.1) is 0 Å². The van der Waals surface area contributed by atoms with E-state index in [1.807, 2.05) is 60.4 Å². The number of benzene rings is 3. The van der Waals surface area contributed by atoms with E-state index in [1.165, 1.54) is 5.56 Å². The second kappa shape index (κ2) is 10.1. The standard InChI is InChI=1S/C29H32N2O3/c1-5-30(4)28(32)21(3)34-25-15-14-22-16-17-31(29(33)23-11-7-6-8-12-23)27(26(22)19-25)24-13-9-10-20(2)18-24/h6-15,18-19,21,27H,5,16-17H2,1-4H3/t21-,27-/m1/s1. The SMILES string of the molecule is CCN(C)C(=O)[C@@H](C)Oc1ccc2c(c1)[C@@H](c1cccc(C)c1)N(C(=O)c1ccccc1)CC2. The van der Waals surface area contributed by atoms with E-state index in [-0.39, 0.29) is 17.9 Å². The Morgan fingerprint density at radius 3 is 2.53 bits per heavy atom. The van der Waals surface area contributed by atoms with E-state index in [1.54, 1.807) is 18.9 Å². The first-order chi connectivity index (χ1) is 16.4. The summed E-state index contributed by atoms with van der Waals surface area (Å²) in [6, 6.07) is 23.5. The molecule has 1 aliphatic heterocycles. The molecule has 1 heterocycles. The van der Waals surface area contributed by atoms with Crippen LogP contribution < -0.4 is 4.74 Å². The summed E-state index contributed by atoms with van der Waals surface area (Å²) in [6.45, 7) is 7.04. The minimum absolute atomic E-state index is 0.0113. The molecule has 0 unspecified atom stereocenters. The third-order valence-electron chi connectivity index (χ3n) is 6.50. The van der Waals surface area contributed by atoms with Gasteiger partial charge in [-0.3, -0.25) is 9.59 Å². The summed E-state index contributed by atoms with van der Waals surface area (Å²) in [7, 11) is 1.77. The molecule has 5 nitrogen and oxygen atoms in total. The summed E-state index contributed by atoms with van der Waals surface area (Å²) in [5.74, 6) is 0.587. The zero-order valence-corrected chi connectivity index (χ0v) is 20.3. The van der Waals surface area contributed by atoms with Crippen molar-refractivity contribution in [1.82, 2.24) is 9.80 Å². The van der Waals surface area contributed by atoms with Gasteiger partial charge in [-0.25, -0.2) is 0 Å². The van der Waals surface area contributed by atoms with E-state index in [0.29, 0.717) is 24.4 Å². The fourth-order valence-corrected chi connectivity index (χ4v) is 4.55. The van der Waals surface area contributed by atoms with Crippen LogP contribution >= 0.6 is 0 Å². The molecule has 0 saturated carbocycles. The van der Waals surface area contributed by atoms with Crippen LogP contribution in [-0.2, 0) is 11.2 Å². The quantitative estimate of drug-likeness (QED) is 0.523. The number of fused-ring (bicyclic) bond motifs is 1. The van der Waals surface area contributed by atoms with Gasteiger partial charge in [-0.2, -0.15) is 0 Å². The Labute approximate surface area is 202 Å². The van der Waals surface area contributed by atoms with Crippen LogP contribution in [0.1, 0.15) is 52.5 Å². The Morgan fingerprint density at radius 1 is 1.06 bits per heavy atom. The number of aryl methyl sites for hydroxylation is 1. The topological polar surface area (TPSA) is 49.9 Å². The van der Waals surface area contributed by atoms with Gasteiger partial charge in [0.25, 0.3) is 11.8 Å². The highest BCUT2D eigenvalue weighted by Gasteiger charge is 2.33. The monoisotopic (exact) mass is 456 g/mol. The second-order valence-electron chi connectivity index (χ2n) is 8.90. The minimum atomic E-state index is -0.592. The van der Waals surface area contributed by atoms with E-state index in [9.17, 15) is 9.59 Å². The fraction of sp³-hybridized carbons (Fsp3) is 0.310. The van der Waals surface area contributed by atoms with Gasteiger partial charge in [0.05, 0.1) is 6.04 Å².